The van der Waals surface area contributed by atoms with E-state index in [-0.39, 0.29) is 0 Å². The van der Waals surface area contributed by atoms with Crippen LogP contribution in [0.5, 0.6) is 0 Å². The summed E-state index contributed by atoms with van der Waals surface area (Å²) in [7, 11) is 0. The second kappa shape index (κ2) is 15.4. The minimum absolute atomic E-state index is 0.703. The Morgan fingerprint density at radius 3 is 1.49 bits per heavy atom. The number of benzene rings is 6. The van der Waals surface area contributed by atoms with Crippen LogP contribution >= 0.6 is 23.2 Å². The van der Waals surface area contributed by atoms with Crippen molar-refractivity contribution in [2.75, 3.05) is 4.90 Å². The van der Waals surface area contributed by atoms with Crippen LogP contribution in [-0.4, -0.2) is 0 Å². The van der Waals surface area contributed by atoms with Gasteiger partial charge < -0.3 is 4.90 Å². The highest BCUT2D eigenvalue weighted by Gasteiger charge is 2.14. The number of rotatable bonds is 9. The number of nitrogens with zero attached hydrogens (tertiary/aromatic N) is 1. The van der Waals surface area contributed by atoms with Gasteiger partial charge in [0.15, 0.2) is 0 Å². The van der Waals surface area contributed by atoms with Crippen molar-refractivity contribution in [2.24, 2.45) is 0 Å². The molecule has 0 saturated heterocycles. The van der Waals surface area contributed by atoms with Gasteiger partial charge in [-0.25, -0.2) is 0 Å². The molecule has 0 spiro atoms. The van der Waals surface area contributed by atoms with Crippen LogP contribution in [0, 0.1) is 27.7 Å². The molecule has 0 N–H and O–H groups in total. The zero-order chi connectivity index (χ0) is 34.3. The topological polar surface area (TPSA) is 3.24 Å². The molecule has 242 valence electrons. The van der Waals surface area contributed by atoms with Gasteiger partial charge in [-0.05, 0) is 121 Å². The van der Waals surface area contributed by atoms with Gasteiger partial charge in [0.2, 0.25) is 0 Å². The van der Waals surface area contributed by atoms with Crippen LogP contribution in [0.25, 0.3) is 17.2 Å². The lowest BCUT2D eigenvalue weighted by atomic mass is 9.95. The Morgan fingerprint density at radius 2 is 0.980 bits per heavy atom. The van der Waals surface area contributed by atoms with E-state index >= 15 is 0 Å². The molecule has 1 nitrogen and oxygen atoms in total. The van der Waals surface area contributed by atoms with E-state index in [1.807, 2.05) is 24.3 Å². The maximum Gasteiger partial charge on any atom is 0.0458 e. The van der Waals surface area contributed by atoms with Crippen molar-refractivity contribution in [1.82, 2.24) is 0 Å². The molecular formula is C46H39Cl2N. The van der Waals surface area contributed by atoms with Gasteiger partial charge in [-0.2, -0.15) is 0 Å². The second-order valence-corrected chi connectivity index (χ2v) is 13.4. The van der Waals surface area contributed by atoms with E-state index in [2.05, 4.69) is 172 Å². The van der Waals surface area contributed by atoms with E-state index in [4.69, 9.17) is 23.2 Å². The molecule has 0 aliphatic heterocycles. The highest BCUT2D eigenvalue weighted by Crippen LogP contribution is 2.34. The number of anilines is 2. The number of allylic oxidation sites excluding steroid dienone is 2. The third kappa shape index (κ3) is 8.51. The molecule has 0 amide bonds. The predicted molar refractivity (Wildman–Crippen MR) is 213 cm³/mol. The van der Waals surface area contributed by atoms with Crippen LogP contribution in [0.1, 0.15) is 50.1 Å². The number of hydrogen-bond donors (Lipinski definition) is 0. The molecule has 0 aliphatic rings. The average Bonchev–Trinajstić information content (AvgIpc) is 3.10. The van der Waals surface area contributed by atoms with Crippen LogP contribution in [0.2, 0.25) is 10.0 Å². The van der Waals surface area contributed by atoms with Gasteiger partial charge in [0.25, 0.3) is 0 Å². The first-order chi connectivity index (χ1) is 23.7. The van der Waals surface area contributed by atoms with Gasteiger partial charge in [-0.3, -0.25) is 0 Å². The van der Waals surface area contributed by atoms with Crippen molar-refractivity contribution >= 4 is 51.8 Å². The standard InChI is InChI=1S/C46H39Cl2N/c1-32-11-15-37(16-12-32)45(38-17-13-33(2)14-18-38)10-6-8-36-23-28-44(30-35(36)4)49(43-9-5-7-34(3)29-43)31-46(39-19-24-41(47)25-20-39)40-21-26-42(48)27-22-40/h5-31H,1-4H3/b8-6+. The van der Waals surface area contributed by atoms with E-state index in [9.17, 15) is 0 Å². The summed E-state index contributed by atoms with van der Waals surface area (Å²) in [6.45, 7) is 8.54. The van der Waals surface area contributed by atoms with Crippen LogP contribution in [0.4, 0.5) is 11.4 Å². The molecule has 0 fully saturated rings. The lowest BCUT2D eigenvalue weighted by Gasteiger charge is -2.24. The summed E-state index contributed by atoms with van der Waals surface area (Å²) in [5.41, 5.74) is 14.9. The fourth-order valence-corrected chi connectivity index (χ4v) is 6.10. The lowest BCUT2D eigenvalue weighted by molar-refractivity contribution is 1.25. The average molecular weight is 677 g/mol. The molecule has 0 atom stereocenters. The van der Waals surface area contributed by atoms with Crippen LogP contribution in [0.3, 0.4) is 0 Å². The summed E-state index contributed by atoms with van der Waals surface area (Å²) in [5.74, 6) is 0. The molecule has 0 heterocycles. The van der Waals surface area contributed by atoms with Crippen molar-refractivity contribution in [3.05, 3.63) is 218 Å². The first-order valence-corrected chi connectivity index (χ1v) is 17.2. The Labute approximate surface area is 301 Å². The molecular weight excluding hydrogens is 637 g/mol. The fourth-order valence-electron chi connectivity index (χ4n) is 5.85. The maximum atomic E-state index is 6.30. The van der Waals surface area contributed by atoms with Crippen LogP contribution in [0.15, 0.2) is 158 Å². The molecule has 6 rings (SSSR count). The molecule has 49 heavy (non-hydrogen) atoms. The number of aryl methyl sites for hydroxylation is 4. The molecule has 6 aromatic carbocycles. The first kappa shape index (κ1) is 33.8. The summed E-state index contributed by atoms with van der Waals surface area (Å²) < 4.78 is 0. The molecule has 6 aromatic rings. The van der Waals surface area contributed by atoms with E-state index in [1.54, 1.807) is 0 Å². The summed E-state index contributed by atoms with van der Waals surface area (Å²) in [5, 5.41) is 1.41. The van der Waals surface area contributed by atoms with Gasteiger partial charge in [-0.1, -0.05) is 144 Å². The molecule has 0 saturated carbocycles. The minimum atomic E-state index is 0.703. The molecule has 0 bridgehead atoms. The molecule has 0 unspecified atom stereocenters. The lowest BCUT2D eigenvalue weighted by Crippen LogP contribution is -2.11. The number of halogens is 2. The highest BCUT2D eigenvalue weighted by atomic mass is 35.5. The third-order valence-corrected chi connectivity index (χ3v) is 9.15. The summed E-state index contributed by atoms with van der Waals surface area (Å²) in [6.07, 6.45) is 8.79. The Hall–Kier alpha value is -5.08. The van der Waals surface area contributed by atoms with Gasteiger partial charge in [-0.15, -0.1) is 0 Å². The number of hydrogen-bond acceptors (Lipinski definition) is 1. The van der Waals surface area contributed by atoms with E-state index in [0.717, 1.165) is 33.6 Å². The Kier molecular flexibility index (Phi) is 10.6. The predicted octanol–water partition coefficient (Wildman–Crippen LogP) is 13.6. The summed E-state index contributed by atoms with van der Waals surface area (Å²) in [4.78, 5) is 2.26. The van der Waals surface area contributed by atoms with Gasteiger partial charge in [0, 0.05) is 33.2 Å². The van der Waals surface area contributed by atoms with Crippen molar-refractivity contribution in [3.8, 4) is 0 Å². The quantitative estimate of drug-likeness (QED) is 0.138. The van der Waals surface area contributed by atoms with E-state index in [0.29, 0.717) is 10.0 Å². The fraction of sp³-hybridized carbons (Fsp3) is 0.0870. The Bertz CT molecular complexity index is 2040. The van der Waals surface area contributed by atoms with Gasteiger partial charge >= 0.3 is 0 Å². The largest absolute Gasteiger partial charge is 0.317 e. The highest BCUT2D eigenvalue weighted by molar-refractivity contribution is 6.31. The van der Waals surface area contributed by atoms with Crippen molar-refractivity contribution in [3.63, 3.8) is 0 Å². The summed E-state index contributed by atoms with van der Waals surface area (Å²) in [6, 6.07) is 48.7. The summed E-state index contributed by atoms with van der Waals surface area (Å²) >= 11 is 12.6. The molecule has 0 aliphatic carbocycles. The molecule has 0 aromatic heterocycles. The smallest absolute Gasteiger partial charge is 0.0458 e. The van der Waals surface area contributed by atoms with E-state index in [1.165, 1.54) is 39.0 Å². The maximum absolute atomic E-state index is 6.30. The van der Waals surface area contributed by atoms with E-state index < -0.39 is 0 Å². The minimum Gasteiger partial charge on any atom is -0.317 e. The molecule has 3 heteroatoms. The van der Waals surface area contributed by atoms with Gasteiger partial charge in [0.1, 0.15) is 0 Å². The van der Waals surface area contributed by atoms with Crippen LogP contribution < -0.4 is 4.90 Å². The first-order valence-electron chi connectivity index (χ1n) is 16.5. The third-order valence-electron chi connectivity index (χ3n) is 8.64. The SMILES string of the molecule is Cc1ccc(C(=C/C=C/c2ccc(N(C=C(c3ccc(Cl)cc3)c3ccc(Cl)cc3)c3cccc(C)c3)cc2C)c2ccc(C)cc2)cc1. The Morgan fingerprint density at radius 1 is 0.490 bits per heavy atom. The normalized spacial score (nSPS) is 11.0. The van der Waals surface area contributed by atoms with Gasteiger partial charge in [0.05, 0.1) is 0 Å². The van der Waals surface area contributed by atoms with Crippen molar-refractivity contribution < 1.29 is 0 Å². The zero-order valence-corrected chi connectivity index (χ0v) is 29.8. The second-order valence-electron chi connectivity index (χ2n) is 12.5. The zero-order valence-electron chi connectivity index (χ0n) is 28.3. The van der Waals surface area contributed by atoms with Crippen molar-refractivity contribution in [2.45, 2.75) is 27.7 Å². The van der Waals surface area contributed by atoms with Crippen molar-refractivity contribution in [1.29, 1.82) is 0 Å². The molecule has 0 radical (unpaired) electrons. The van der Waals surface area contributed by atoms with Crippen LogP contribution in [-0.2, 0) is 0 Å². The Balaban J connectivity index is 1.40. The monoisotopic (exact) mass is 675 g/mol.